The average molecular weight is 349 g/mol. The van der Waals surface area contributed by atoms with Crippen molar-refractivity contribution >= 4 is 11.6 Å². The molecule has 0 aliphatic rings. The number of anilines is 1. The maximum atomic E-state index is 11.3. The monoisotopic (exact) mass is 349 g/mol. The largest absolute Gasteiger partial charge is 0.379 e. The first-order chi connectivity index (χ1) is 12.4. The standard InChI is InChI=1S/C21H23N3O2/c1-14(2)21(26,20-12-22-13-23-20)18-9-7-16(8-10-18)17-5-4-6-19(11-17)24-15(3)25/h4-14,26H,1-3H3,(H,22,23)(H,24,25). The summed E-state index contributed by atoms with van der Waals surface area (Å²) in [5.41, 5.74) is 3.11. The number of hydrogen-bond acceptors (Lipinski definition) is 3. The highest BCUT2D eigenvalue weighted by Gasteiger charge is 2.36. The summed E-state index contributed by atoms with van der Waals surface area (Å²) >= 11 is 0. The molecule has 0 aliphatic carbocycles. The predicted octanol–water partition coefficient (Wildman–Crippen LogP) is 3.93. The fourth-order valence-corrected chi connectivity index (χ4v) is 3.16. The minimum absolute atomic E-state index is 0.0307. The first-order valence-electron chi connectivity index (χ1n) is 8.61. The number of carbonyl (C=O) groups is 1. The average Bonchev–Trinajstić information content (AvgIpc) is 3.16. The highest BCUT2D eigenvalue weighted by atomic mass is 16.3. The summed E-state index contributed by atoms with van der Waals surface area (Å²) in [6.07, 6.45) is 3.23. The van der Waals surface area contributed by atoms with Gasteiger partial charge in [0.1, 0.15) is 5.60 Å². The Labute approximate surface area is 153 Å². The van der Waals surface area contributed by atoms with E-state index >= 15 is 0 Å². The van der Waals surface area contributed by atoms with E-state index in [1.807, 2.05) is 62.4 Å². The number of carbonyl (C=O) groups excluding carboxylic acids is 1. The second-order valence-corrected chi connectivity index (χ2v) is 6.73. The van der Waals surface area contributed by atoms with Crippen LogP contribution in [0.15, 0.2) is 61.1 Å². The van der Waals surface area contributed by atoms with Crippen LogP contribution in [0.1, 0.15) is 32.0 Å². The van der Waals surface area contributed by atoms with Gasteiger partial charge < -0.3 is 15.4 Å². The number of benzene rings is 2. The molecule has 134 valence electrons. The van der Waals surface area contributed by atoms with E-state index in [-0.39, 0.29) is 11.8 Å². The molecule has 1 atom stereocenters. The second-order valence-electron chi connectivity index (χ2n) is 6.73. The maximum Gasteiger partial charge on any atom is 0.221 e. The van der Waals surface area contributed by atoms with Crippen molar-refractivity contribution in [3.8, 4) is 11.1 Å². The van der Waals surface area contributed by atoms with Crippen LogP contribution < -0.4 is 5.32 Å². The van der Waals surface area contributed by atoms with E-state index < -0.39 is 5.60 Å². The number of aromatic amines is 1. The molecule has 1 amide bonds. The number of aromatic nitrogens is 2. The van der Waals surface area contributed by atoms with E-state index in [0.29, 0.717) is 5.69 Å². The van der Waals surface area contributed by atoms with Gasteiger partial charge in [0.05, 0.1) is 18.2 Å². The molecule has 3 aromatic rings. The van der Waals surface area contributed by atoms with Gasteiger partial charge in [-0.1, -0.05) is 50.2 Å². The summed E-state index contributed by atoms with van der Waals surface area (Å²) in [5, 5.41) is 14.1. The molecule has 5 nitrogen and oxygen atoms in total. The zero-order valence-electron chi connectivity index (χ0n) is 15.2. The first-order valence-corrected chi connectivity index (χ1v) is 8.61. The van der Waals surface area contributed by atoms with Gasteiger partial charge in [-0.3, -0.25) is 4.79 Å². The lowest BCUT2D eigenvalue weighted by Crippen LogP contribution is -2.33. The molecule has 0 fully saturated rings. The number of H-pyrrole nitrogens is 1. The molecule has 26 heavy (non-hydrogen) atoms. The van der Waals surface area contributed by atoms with E-state index in [2.05, 4.69) is 15.3 Å². The molecule has 0 saturated carbocycles. The van der Waals surface area contributed by atoms with Crippen LogP contribution in [-0.2, 0) is 10.4 Å². The molecule has 5 heteroatoms. The number of rotatable bonds is 5. The molecule has 1 unspecified atom stereocenters. The number of nitrogens with zero attached hydrogens (tertiary/aromatic N) is 1. The zero-order chi connectivity index (χ0) is 18.7. The molecule has 1 heterocycles. The smallest absolute Gasteiger partial charge is 0.221 e. The Balaban J connectivity index is 1.94. The van der Waals surface area contributed by atoms with Crippen LogP contribution in [0.2, 0.25) is 0 Å². The van der Waals surface area contributed by atoms with Crippen LogP contribution in [0.3, 0.4) is 0 Å². The van der Waals surface area contributed by atoms with E-state index in [4.69, 9.17) is 0 Å². The highest BCUT2D eigenvalue weighted by molar-refractivity contribution is 5.89. The summed E-state index contributed by atoms with van der Waals surface area (Å²) in [7, 11) is 0. The summed E-state index contributed by atoms with van der Waals surface area (Å²) < 4.78 is 0. The van der Waals surface area contributed by atoms with E-state index in [1.165, 1.54) is 6.92 Å². The minimum atomic E-state index is -1.13. The molecule has 0 spiro atoms. The fraction of sp³-hybridized carbons (Fsp3) is 0.238. The normalized spacial score (nSPS) is 13.4. The lowest BCUT2D eigenvalue weighted by atomic mass is 9.80. The predicted molar refractivity (Wildman–Crippen MR) is 103 cm³/mol. The Bertz CT molecular complexity index is 886. The number of nitrogens with one attached hydrogen (secondary N) is 2. The number of imidazole rings is 1. The van der Waals surface area contributed by atoms with Crippen molar-refractivity contribution in [3.63, 3.8) is 0 Å². The van der Waals surface area contributed by atoms with Crippen molar-refractivity contribution in [2.24, 2.45) is 5.92 Å². The van der Waals surface area contributed by atoms with Crippen LogP contribution in [-0.4, -0.2) is 21.0 Å². The van der Waals surface area contributed by atoms with Gasteiger partial charge in [0, 0.05) is 12.6 Å². The number of hydrogen-bond donors (Lipinski definition) is 3. The molecular weight excluding hydrogens is 326 g/mol. The van der Waals surface area contributed by atoms with Crippen molar-refractivity contribution in [2.75, 3.05) is 5.32 Å². The van der Waals surface area contributed by atoms with Gasteiger partial charge in [-0.25, -0.2) is 4.98 Å². The van der Waals surface area contributed by atoms with Gasteiger partial charge in [0.2, 0.25) is 5.91 Å². The van der Waals surface area contributed by atoms with Crippen LogP contribution in [0, 0.1) is 5.92 Å². The van der Waals surface area contributed by atoms with Crippen LogP contribution in [0.25, 0.3) is 11.1 Å². The van der Waals surface area contributed by atoms with E-state index in [1.54, 1.807) is 12.5 Å². The van der Waals surface area contributed by atoms with E-state index in [0.717, 1.165) is 22.4 Å². The summed E-state index contributed by atoms with van der Waals surface area (Å²) in [6, 6.07) is 15.5. The van der Waals surface area contributed by atoms with Gasteiger partial charge in [0.15, 0.2) is 0 Å². The third-order valence-corrected chi connectivity index (χ3v) is 4.59. The number of amides is 1. The molecule has 2 aromatic carbocycles. The lowest BCUT2D eigenvalue weighted by Gasteiger charge is -2.31. The van der Waals surface area contributed by atoms with Crippen molar-refractivity contribution < 1.29 is 9.90 Å². The number of aliphatic hydroxyl groups is 1. The van der Waals surface area contributed by atoms with Crippen molar-refractivity contribution in [1.29, 1.82) is 0 Å². The Morgan fingerprint density at radius 3 is 2.46 bits per heavy atom. The fourth-order valence-electron chi connectivity index (χ4n) is 3.16. The zero-order valence-corrected chi connectivity index (χ0v) is 15.2. The van der Waals surface area contributed by atoms with Crippen LogP contribution in [0.5, 0.6) is 0 Å². The van der Waals surface area contributed by atoms with Gasteiger partial charge >= 0.3 is 0 Å². The Morgan fingerprint density at radius 1 is 1.15 bits per heavy atom. The van der Waals surface area contributed by atoms with Gasteiger partial charge in [-0.15, -0.1) is 0 Å². The first kappa shape index (κ1) is 17.9. The lowest BCUT2D eigenvalue weighted by molar-refractivity contribution is -0.114. The quantitative estimate of drug-likeness (QED) is 0.653. The third-order valence-electron chi connectivity index (χ3n) is 4.59. The molecule has 0 radical (unpaired) electrons. The Kier molecular flexibility index (Phi) is 4.91. The third kappa shape index (κ3) is 3.39. The molecule has 1 aromatic heterocycles. The van der Waals surface area contributed by atoms with Crippen LogP contribution >= 0.6 is 0 Å². The van der Waals surface area contributed by atoms with Crippen molar-refractivity contribution in [2.45, 2.75) is 26.4 Å². The second kappa shape index (κ2) is 7.14. The molecule has 3 N–H and O–H groups in total. The van der Waals surface area contributed by atoms with E-state index in [9.17, 15) is 9.90 Å². The van der Waals surface area contributed by atoms with Crippen molar-refractivity contribution in [3.05, 3.63) is 72.3 Å². The van der Waals surface area contributed by atoms with Crippen molar-refractivity contribution in [1.82, 2.24) is 9.97 Å². The van der Waals surface area contributed by atoms with Gasteiger partial charge in [0.25, 0.3) is 0 Å². The summed E-state index contributed by atoms with van der Waals surface area (Å²) in [4.78, 5) is 18.3. The topological polar surface area (TPSA) is 78.0 Å². The summed E-state index contributed by atoms with van der Waals surface area (Å²) in [5.74, 6) is -0.129. The van der Waals surface area contributed by atoms with Crippen LogP contribution in [0.4, 0.5) is 5.69 Å². The Hall–Kier alpha value is -2.92. The van der Waals surface area contributed by atoms with Gasteiger partial charge in [-0.2, -0.15) is 0 Å². The Morgan fingerprint density at radius 2 is 1.88 bits per heavy atom. The maximum absolute atomic E-state index is 11.3. The molecule has 0 bridgehead atoms. The summed E-state index contributed by atoms with van der Waals surface area (Å²) in [6.45, 7) is 5.45. The van der Waals surface area contributed by atoms with Gasteiger partial charge in [-0.05, 0) is 34.7 Å². The minimum Gasteiger partial charge on any atom is -0.379 e. The molecule has 0 saturated heterocycles. The SMILES string of the molecule is CC(=O)Nc1cccc(-c2ccc(C(O)(c3cnc[nH]3)C(C)C)cc2)c1. The molecule has 3 rings (SSSR count). The molecule has 0 aliphatic heterocycles. The molecular formula is C21H23N3O2. The highest BCUT2D eigenvalue weighted by Crippen LogP contribution is 2.36.